The lowest BCUT2D eigenvalue weighted by atomic mass is 10.2. The normalized spacial score (nSPS) is 11.8. The number of sulfonamides is 1. The molecule has 9 heteroatoms. The van der Waals surface area contributed by atoms with Gasteiger partial charge in [-0.1, -0.05) is 11.6 Å². The molecule has 0 fully saturated rings. The molecule has 0 saturated carbocycles. The van der Waals surface area contributed by atoms with Gasteiger partial charge >= 0.3 is 0 Å². The maximum atomic E-state index is 13.7. The van der Waals surface area contributed by atoms with Crippen molar-refractivity contribution in [2.45, 2.75) is 18.0 Å². The predicted molar refractivity (Wildman–Crippen MR) is 76.8 cm³/mol. The molecule has 21 heavy (non-hydrogen) atoms. The van der Waals surface area contributed by atoms with Crippen molar-refractivity contribution >= 4 is 21.6 Å². The molecule has 6 nitrogen and oxygen atoms in total. The van der Waals surface area contributed by atoms with Crippen molar-refractivity contribution in [3.63, 3.8) is 0 Å². The highest BCUT2D eigenvalue weighted by molar-refractivity contribution is 7.89. The van der Waals surface area contributed by atoms with Gasteiger partial charge in [0, 0.05) is 18.4 Å². The van der Waals surface area contributed by atoms with Crippen molar-refractivity contribution in [3.8, 4) is 0 Å². The van der Waals surface area contributed by atoms with Crippen LogP contribution in [0.25, 0.3) is 0 Å². The number of aromatic nitrogens is 2. The number of H-pyrrole nitrogens is 1. The molecule has 1 aromatic carbocycles. The molecule has 0 unspecified atom stereocenters. The van der Waals surface area contributed by atoms with E-state index in [9.17, 15) is 12.8 Å². The number of nitrogens with zero attached hydrogens (tertiary/aromatic N) is 1. The summed E-state index contributed by atoms with van der Waals surface area (Å²) in [6.45, 7) is 0.299. The minimum absolute atomic E-state index is 0.0357. The fourth-order valence-electron chi connectivity index (χ4n) is 1.73. The standard InChI is InChI=1S/C12H14ClFN4O2S/c1-15-4-8-2-10(3-11(14)12(8)13)21(19,20)18-6-9-5-16-7-17-9/h2-3,5,7,15,18H,4,6H2,1H3,(H,16,17). The SMILES string of the molecule is CNCc1cc(S(=O)(=O)NCc2cnc[nH]2)cc(F)c1Cl. The Labute approximate surface area is 126 Å². The number of aromatic amines is 1. The first-order valence-electron chi connectivity index (χ1n) is 6.03. The van der Waals surface area contributed by atoms with Crippen LogP contribution < -0.4 is 10.0 Å². The van der Waals surface area contributed by atoms with Gasteiger partial charge in [0.25, 0.3) is 0 Å². The lowest BCUT2D eigenvalue weighted by Crippen LogP contribution is -2.24. The first-order valence-corrected chi connectivity index (χ1v) is 7.89. The zero-order chi connectivity index (χ0) is 15.5. The molecule has 0 radical (unpaired) electrons. The van der Waals surface area contributed by atoms with Crippen molar-refractivity contribution in [2.24, 2.45) is 0 Å². The van der Waals surface area contributed by atoms with Crippen molar-refractivity contribution in [1.82, 2.24) is 20.0 Å². The molecule has 0 spiro atoms. The highest BCUT2D eigenvalue weighted by Crippen LogP contribution is 2.24. The lowest BCUT2D eigenvalue weighted by Gasteiger charge is -2.10. The van der Waals surface area contributed by atoms with E-state index in [0.29, 0.717) is 11.3 Å². The molecule has 0 bridgehead atoms. The molecule has 1 aromatic heterocycles. The summed E-state index contributed by atoms with van der Waals surface area (Å²) in [5.74, 6) is -0.772. The van der Waals surface area contributed by atoms with E-state index in [1.54, 1.807) is 7.05 Å². The van der Waals surface area contributed by atoms with Gasteiger partial charge in [-0.2, -0.15) is 0 Å². The fraction of sp³-hybridized carbons (Fsp3) is 0.250. The van der Waals surface area contributed by atoms with Crippen molar-refractivity contribution in [2.75, 3.05) is 7.05 Å². The Morgan fingerprint density at radius 2 is 2.14 bits per heavy atom. The molecule has 0 atom stereocenters. The smallest absolute Gasteiger partial charge is 0.241 e. The van der Waals surface area contributed by atoms with Gasteiger partial charge in [0.15, 0.2) is 0 Å². The molecule has 0 aliphatic carbocycles. The monoisotopic (exact) mass is 332 g/mol. The van der Waals surface area contributed by atoms with Crippen molar-refractivity contribution in [1.29, 1.82) is 0 Å². The minimum atomic E-state index is -3.84. The van der Waals surface area contributed by atoms with Crippen LogP contribution in [0, 0.1) is 5.82 Å². The van der Waals surface area contributed by atoms with Gasteiger partial charge in [0.1, 0.15) is 5.82 Å². The molecule has 2 rings (SSSR count). The van der Waals surface area contributed by atoms with Crippen LogP contribution in [0.3, 0.4) is 0 Å². The van der Waals surface area contributed by atoms with Gasteiger partial charge in [-0.15, -0.1) is 0 Å². The first-order chi connectivity index (χ1) is 9.94. The van der Waals surface area contributed by atoms with Gasteiger partial charge in [-0.25, -0.2) is 22.5 Å². The minimum Gasteiger partial charge on any atom is -0.347 e. The van der Waals surface area contributed by atoms with E-state index >= 15 is 0 Å². The Balaban J connectivity index is 2.27. The first kappa shape index (κ1) is 15.9. The third kappa shape index (κ3) is 3.79. The maximum Gasteiger partial charge on any atom is 0.241 e. The Morgan fingerprint density at radius 1 is 1.38 bits per heavy atom. The molecule has 2 aromatic rings. The number of hydrogen-bond donors (Lipinski definition) is 3. The quantitative estimate of drug-likeness (QED) is 0.746. The van der Waals surface area contributed by atoms with E-state index in [1.165, 1.54) is 18.6 Å². The van der Waals surface area contributed by atoms with E-state index < -0.39 is 15.8 Å². The molecular weight excluding hydrogens is 319 g/mol. The second-order valence-corrected chi connectivity index (χ2v) is 6.45. The van der Waals surface area contributed by atoms with Crippen molar-refractivity contribution in [3.05, 3.63) is 46.8 Å². The summed E-state index contributed by atoms with van der Waals surface area (Å²) in [6, 6.07) is 2.24. The molecule has 114 valence electrons. The van der Waals surface area contributed by atoms with Crippen molar-refractivity contribution < 1.29 is 12.8 Å². The molecule has 0 saturated heterocycles. The highest BCUT2D eigenvalue weighted by atomic mass is 35.5. The average Bonchev–Trinajstić information content (AvgIpc) is 2.95. The predicted octanol–water partition coefficient (Wildman–Crippen LogP) is 1.40. The fourth-order valence-corrected chi connectivity index (χ4v) is 2.97. The molecule has 0 amide bonds. The summed E-state index contributed by atoms with van der Waals surface area (Å²) in [6.07, 6.45) is 2.94. The number of nitrogens with one attached hydrogen (secondary N) is 3. The van der Waals surface area contributed by atoms with Crippen LogP contribution in [0.15, 0.2) is 29.6 Å². The summed E-state index contributed by atoms with van der Waals surface area (Å²) >= 11 is 5.81. The van der Waals surface area contributed by atoms with Gasteiger partial charge in [0.2, 0.25) is 10.0 Å². The van der Waals surface area contributed by atoms with Crippen LogP contribution in [0.1, 0.15) is 11.3 Å². The van der Waals surface area contributed by atoms with Crippen LogP contribution in [0.4, 0.5) is 4.39 Å². The van der Waals surface area contributed by atoms with Gasteiger partial charge in [-0.05, 0) is 24.7 Å². The van der Waals surface area contributed by atoms with Crippen LogP contribution >= 0.6 is 11.6 Å². The Kier molecular flexibility index (Phi) is 4.94. The third-order valence-electron chi connectivity index (χ3n) is 2.76. The number of hydrogen-bond acceptors (Lipinski definition) is 4. The lowest BCUT2D eigenvalue weighted by molar-refractivity contribution is 0.576. The maximum absolute atomic E-state index is 13.7. The Bertz CT molecular complexity index is 719. The zero-order valence-electron chi connectivity index (χ0n) is 11.2. The summed E-state index contributed by atoms with van der Waals surface area (Å²) in [5, 5.41) is 2.72. The van der Waals surface area contributed by atoms with Gasteiger partial charge in [0.05, 0.1) is 22.8 Å². The van der Waals surface area contributed by atoms with Gasteiger partial charge in [-0.3, -0.25) is 0 Å². The van der Waals surface area contributed by atoms with E-state index in [1.807, 2.05) is 0 Å². The molecule has 0 aliphatic rings. The largest absolute Gasteiger partial charge is 0.347 e. The number of rotatable bonds is 6. The summed E-state index contributed by atoms with van der Waals surface area (Å²) in [4.78, 5) is 6.38. The Morgan fingerprint density at radius 3 is 2.76 bits per heavy atom. The number of halogens is 2. The molecule has 1 heterocycles. The summed E-state index contributed by atoms with van der Waals surface area (Å²) in [7, 11) is -2.18. The summed E-state index contributed by atoms with van der Waals surface area (Å²) in [5.41, 5.74) is 0.976. The van der Waals surface area contributed by atoms with Crippen LogP contribution in [0.2, 0.25) is 5.02 Å². The highest BCUT2D eigenvalue weighted by Gasteiger charge is 2.18. The topological polar surface area (TPSA) is 86.9 Å². The third-order valence-corrected chi connectivity index (χ3v) is 4.57. The van der Waals surface area contributed by atoms with Crippen LogP contribution in [0.5, 0.6) is 0 Å². The second-order valence-electron chi connectivity index (χ2n) is 4.31. The Hall–Kier alpha value is -1.48. The van der Waals surface area contributed by atoms with E-state index in [-0.39, 0.29) is 23.0 Å². The van der Waals surface area contributed by atoms with E-state index in [4.69, 9.17) is 11.6 Å². The van der Waals surface area contributed by atoms with E-state index in [0.717, 1.165) is 6.07 Å². The summed E-state index contributed by atoms with van der Waals surface area (Å²) < 4.78 is 40.4. The van der Waals surface area contributed by atoms with Gasteiger partial charge < -0.3 is 10.3 Å². The number of benzene rings is 1. The number of imidazole rings is 1. The zero-order valence-corrected chi connectivity index (χ0v) is 12.7. The molecular formula is C12H14ClFN4O2S. The van der Waals surface area contributed by atoms with E-state index in [2.05, 4.69) is 20.0 Å². The van der Waals surface area contributed by atoms with Crippen LogP contribution in [-0.4, -0.2) is 25.4 Å². The molecule has 3 N–H and O–H groups in total. The second kappa shape index (κ2) is 6.52. The average molecular weight is 333 g/mol. The van der Waals surface area contributed by atoms with Crippen LogP contribution in [-0.2, 0) is 23.1 Å². The molecule has 0 aliphatic heterocycles.